The summed E-state index contributed by atoms with van der Waals surface area (Å²) in [5.41, 5.74) is 0. The third-order valence-electron chi connectivity index (χ3n) is 5.96. The number of fused-ring (bicyclic) bond motifs is 1. The molecule has 0 aromatic heterocycles. The summed E-state index contributed by atoms with van der Waals surface area (Å²) < 4.78 is 0. The molecule has 0 aromatic carbocycles. The van der Waals surface area contributed by atoms with Crippen molar-refractivity contribution in [1.82, 2.24) is 10.2 Å². The smallest absolute Gasteiger partial charge is 0.0970 e. The topological polar surface area (TPSA) is 27.6 Å². The fourth-order valence-electron chi connectivity index (χ4n) is 4.48. The maximum atomic E-state index is 4.93. The second-order valence-electron chi connectivity index (χ2n) is 7.71. The zero-order chi connectivity index (χ0) is 15.2. The van der Waals surface area contributed by atoms with Gasteiger partial charge >= 0.3 is 0 Å². The number of nitrogens with zero attached hydrogens (tertiary/aromatic N) is 2. The van der Waals surface area contributed by atoms with E-state index >= 15 is 0 Å². The first-order valence-corrected chi connectivity index (χ1v) is 9.90. The highest BCUT2D eigenvalue weighted by Crippen LogP contribution is 2.26. The van der Waals surface area contributed by atoms with Crippen LogP contribution in [0.15, 0.2) is 4.99 Å². The fraction of sp³-hybridized carbons (Fsp3) is 0.947. The molecule has 3 rings (SSSR count). The molecule has 0 bridgehead atoms. The van der Waals surface area contributed by atoms with Gasteiger partial charge in [0.1, 0.15) is 0 Å². The first-order chi connectivity index (χ1) is 10.8. The van der Waals surface area contributed by atoms with Crippen molar-refractivity contribution in [3.63, 3.8) is 0 Å². The Morgan fingerprint density at radius 1 is 1.09 bits per heavy atom. The predicted molar refractivity (Wildman–Crippen MR) is 94.5 cm³/mol. The Morgan fingerprint density at radius 2 is 1.91 bits per heavy atom. The normalized spacial score (nSPS) is 30.0. The molecule has 1 saturated carbocycles. The molecule has 3 nitrogen and oxygen atoms in total. The third-order valence-corrected chi connectivity index (χ3v) is 5.96. The molecule has 1 N–H and O–H groups in total. The number of nitrogens with one attached hydrogen (secondary N) is 1. The molecule has 2 unspecified atom stereocenters. The molecule has 2 aliphatic heterocycles. The van der Waals surface area contributed by atoms with E-state index in [9.17, 15) is 0 Å². The van der Waals surface area contributed by atoms with Crippen LogP contribution in [-0.2, 0) is 0 Å². The van der Waals surface area contributed by atoms with Gasteiger partial charge in [-0.05, 0) is 57.7 Å². The lowest BCUT2D eigenvalue weighted by atomic mass is 9.91. The summed E-state index contributed by atoms with van der Waals surface area (Å²) in [7, 11) is 0. The SMILES string of the molecule is CCCCC1CCN(CCCC2=NC3CCCCC3N2)CC1. The third kappa shape index (κ3) is 4.47. The van der Waals surface area contributed by atoms with Crippen molar-refractivity contribution < 1.29 is 0 Å². The van der Waals surface area contributed by atoms with Crippen molar-refractivity contribution >= 4 is 5.84 Å². The van der Waals surface area contributed by atoms with Gasteiger partial charge in [-0.3, -0.25) is 4.99 Å². The van der Waals surface area contributed by atoms with Gasteiger partial charge in [0.15, 0.2) is 0 Å². The molecule has 2 heterocycles. The Hall–Kier alpha value is -0.570. The van der Waals surface area contributed by atoms with Crippen LogP contribution < -0.4 is 5.32 Å². The molecule has 126 valence electrons. The fourth-order valence-corrected chi connectivity index (χ4v) is 4.48. The van der Waals surface area contributed by atoms with Gasteiger partial charge in [0, 0.05) is 12.5 Å². The molecule has 0 radical (unpaired) electrons. The molecular formula is C19H35N3. The molecule has 2 atom stereocenters. The van der Waals surface area contributed by atoms with E-state index in [2.05, 4.69) is 17.1 Å². The van der Waals surface area contributed by atoms with Crippen molar-refractivity contribution in [2.75, 3.05) is 19.6 Å². The van der Waals surface area contributed by atoms with Crippen molar-refractivity contribution in [2.24, 2.45) is 10.9 Å². The van der Waals surface area contributed by atoms with Crippen LogP contribution in [0.5, 0.6) is 0 Å². The lowest BCUT2D eigenvalue weighted by molar-refractivity contribution is 0.176. The van der Waals surface area contributed by atoms with Gasteiger partial charge < -0.3 is 10.2 Å². The summed E-state index contributed by atoms with van der Waals surface area (Å²) in [6.45, 7) is 6.25. The molecule has 0 aromatic rings. The van der Waals surface area contributed by atoms with Crippen LogP contribution in [0, 0.1) is 5.92 Å². The highest BCUT2D eigenvalue weighted by Gasteiger charge is 2.30. The van der Waals surface area contributed by atoms with E-state index < -0.39 is 0 Å². The molecular weight excluding hydrogens is 270 g/mol. The van der Waals surface area contributed by atoms with Crippen LogP contribution in [-0.4, -0.2) is 42.5 Å². The molecule has 22 heavy (non-hydrogen) atoms. The van der Waals surface area contributed by atoms with Gasteiger partial charge in [-0.2, -0.15) is 0 Å². The Labute approximate surface area is 136 Å². The van der Waals surface area contributed by atoms with Crippen molar-refractivity contribution in [3.05, 3.63) is 0 Å². The van der Waals surface area contributed by atoms with Gasteiger partial charge in [0.25, 0.3) is 0 Å². The zero-order valence-electron chi connectivity index (χ0n) is 14.5. The number of unbranched alkanes of at least 4 members (excludes halogenated alkanes) is 1. The number of piperidine rings is 1. The highest BCUT2D eigenvalue weighted by atomic mass is 15.1. The number of hydrogen-bond acceptors (Lipinski definition) is 3. The standard InChI is InChI=1S/C19H35N3/c1-2-3-7-16-11-14-22(15-12-16)13-6-10-19-20-17-8-4-5-9-18(17)21-19/h16-18H,2-15H2,1H3,(H,20,21). The van der Waals surface area contributed by atoms with Gasteiger partial charge in [-0.25, -0.2) is 0 Å². The summed E-state index contributed by atoms with van der Waals surface area (Å²) in [5, 5.41) is 3.69. The molecule has 0 spiro atoms. The predicted octanol–water partition coefficient (Wildman–Crippen LogP) is 3.98. The van der Waals surface area contributed by atoms with E-state index in [0.717, 1.165) is 5.92 Å². The van der Waals surface area contributed by atoms with E-state index in [1.54, 1.807) is 0 Å². The lowest BCUT2D eigenvalue weighted by Crippen LogP contribution is -2.37. The Bertz CT molecular complexity index is 358. The van der Waals surface area contributed by atoms with E-state index in [-0.39, 0.29) is 0 Å². The summed E-state index contributed by atoms with van der Waals surface area (Å²) in [6.07, 6.45) is 15.0. The highest BCUT2D eigenvalue weighted by molar-refractivity contribution is 5.84. The number of amidine groups is 1. The Balaban J connectivity index is 1.30. The molecule has 3 heteroatoms. The van der Waals surface area contributed by atoms with Crippen LogP contribution >= 0.6 is 0 Å². The Morgan fingerprint density at radius 3 is 2.68 bits per heavy atom. The monoisotopic (exact) mass is 305 g/mol. The number of likely N-dealkylation sites (tertiary alicyclic amines) is 1. The molecule has 0 amide bonds. The van der Waals surface area contributed by atoms with Gasteiger partial charge in [0.2, 0.25) is 0 Å². The largest absolute Gasteiger partial charge is 0.369 e. The first kappa shape index (κ1) is 16.3. The quantitative estimate of drug-likeness (QED) is 0.770. The van der Waals surface area contributed by atoms with Crippen molar-refractivity contribution in [2.45, 2.75) is 89.6 Å². The van der Waals surface area contributed by atoms with Crippen LogP contribution in [0.25, 0.3) is 0 Å². The van der Waals surface area contributed by atoms with E-state index in [1.807, 2.05) is 0 Å². The first-order valence-electron chi connectivity index (χ1n) is 9.90. The van der Waals surface area contributed by atoms with Crippen molar-refractivity contribution in [3.8, 4) is 0 Å². The number of rotatable bonds is 7. The minimum Gasteiger partial charge on any atom is -0.369 e. The minimum absolute atomic E-state index is 0.609. The molecule has 2 fully saturated rings. The van der Waals surface area contributed by atoms with E-state index in [1.165, 1.54) is 96.1 Å². The second-order valence-corrected chi connectivity index (χ2v) is 7.71. The van der Waals surface area contributed by atoms with Crippen LogP contribution in [0.2, 0.25) is 0 Å². The summed E-state index contributed by atoms with van der Waals surface area (Å²) in [5.74, 6) is 2.33. The van der Waals surface area contributed by atoms with Gasteiger partial charge in [-0.1, -0.05) is 39.0 Å². The Kier molecular flexibility index (Phi) is 6.17. The maximum absolute atomic E-state index is 4.93. The average Bonchev–Trinajstić information content (AvgIpc) is 2.97. The van der Waals surface area contributed by atoms with E-state index in [4.69, 9.17) is 4.99 Å². The maximum Gasteiger partial charge on any atom is 0.0970 e. The van der Waals surface area contributed by atoms with Crippen LogP contribution in [0.1, 0.15) is 77.6 Å². The molecule has 1 saturated heterocycles. The van der Waals surface area contributed by atoms with Crippen LogP contribution in [0.4, 0.5) is 0 Å². The van der Waals surface area contributed by atoms with Gasteiger partial charge in [0.05, 0.1) is 11.9 Å². The summed E-state index contributed by atoms with van der Waals surface area (Å²) in [6, 6.07) is 1.29. The van der Waals surface area contributed by atoms with Crippen LogP contribution in [0.3, 0.4) is 0 Å². The lowest BCUT2D eigenvalue weighted by Gasteiger charge is -2.32. The zero-order valence-corrected chi connectivity index (χ0v) is 14.5. The molecule has 3 aliphatic rings. The number of hydrogen-bond donors (Lipinski definition) is 1. The van der Waals surface area contributed by atoms with Crippen molar-refractivity contribution in [1.29, 1.82) is 0 Å². The number of aliphatic imine (C=N–C) groups is 1. The van der Waals surface area contributed by atoms with E-state index in [0.29, 0.717) is 12.1 Å². The average molecular weight is 306 g/mol. The second kappa shape index (κ2) is 8.33. The summed E-state index contributed by atoms with van der Waals surface area (Å²) >= 11 is 0. The van der Waals surface area contributed by atoms with Gasteiger partial charge in [-0.15, -0.1) is 0 Å². The summed E-state index contributed by atoms with van der Waals surface area (Å²) in [4.78, 5) is 7.61. The molecule has 1 aliphatic carbocycles. The minimum atomic E-state index is 0.609.